The van der Waals surface area contributed by atoms with E-state index in [-0.39, 0.29) is 6.04 Å². The van der Waals surface area contributed by atoms with Crippen molar-refractivity contribution in [3.05, 3.63) is 69.7 Å². The summed E-state index contributed by atoms with van der Waals surface area (Å²) in [6.07, 6.45) is 0.937. The Morgan fingerprint density at radius 1 is 1.00 bits per heavy atom. The van der Waals surface area contributed by atoms with Crippen LogP contribution in [0.15, 0.2) is 48.5 Å². The lowest BCUT2D eigenvalue weighted by atomic mass is 9.99. The van der Waals surface area contributed by atoms with Crippen molar-refractivity contribution in [2.24, 2.45) is 0 Å². The molecule has 2 aromatic carbocycles. The highest BCUT2D eigenvalue weighted by Gasteiger charge is 2.12. The third kappa shape index (κ3) is 3.97. The van der Waals surface area contributed by atoms with Crippen molar-refractivity contribution in [2.75, 3.05) is 6.54 Å². The van der Waals surface area contributed by atoms with Crippen molar-refractivity contribution in [1.29, 1.82) is 0 Å². The van der Waals surface area contributed by atoms with Crippen LogP contribution in [-0.2, 0) is 6.42 Å². The number of hydrogen-bond acceptors (Lipinski definition) is 1. The van der Waals surface area contributed by atoms with Gasteiger partial charge >= 0.3 is 0 Å². The molecule has 0 aliphatic carbocycles. The minimum Gasteiger partial charge on any atom is -0.310 e. The zero-order valence-electron chi connectivity index (χ0n) is 10.9. The zero-order chi connectivity index (χ0) is 13.7. The van der Waals surface area contributed by atoms with Crippen LogP contribution in [-0.4, -0.2) is 6.54 Å². The molecule has 1 N–H and O–H groups in total. The van der Waals surface area contributed by atoms with Crippen LogP contribution in [0.2, 0.25) is 10.0 Å². The van der Waals surface area contributed by atoms with Gasteiger partial charge in [-0.25, -0.2) is 0 Å². The van der Waals surface area contributed by atoms with E-state index in [1.807, 2.05) is 24.3 Å². The molecule has 0 bridgehead atoms. The smallest absolute Gasteiger partial charge is 0.0595 e. The molecule has 3 heteroatoms. The number of likely N-dealkylation sites (N-methyl/N-ethyl adjacent to an activating group) is 1. The highest BCUT2D eigenvalue weighted by Crippen LogP contribution is 2.27. The second kappa shape index (κ2) is 6.95. The van der Waals surface area contributed by atoms with Crippen LogP contribution < -0.4 is 5.32 Å². The summed E-state index contributed by atoms with van der Waals surface area (Å²) in [5.41, 5.74) is 2.47. The Balaban J connectivity index is 2.21. The normalized spacial score (nSPS) is 12.4. The van der Waals surface area contributed by atoms with Crippen LogP contribution in [0.25, 0.3) is 0 Å². The van der Waals surface area contributed by atoms with Crippen molar-refractivity contribution in [3.8, 4) is 0 Å². The maximum Gasteiger partial charge on any atom is 0.0595 e. The molecule has 0 amide bonds. The summed E-state index contributed by atoms with van der Waals surface area (Å²) in [5.74, 6) is 0. The Kier molecular flexibility index (Phi) is 5.26. The fourth-order valence-corrected chi connectivity index (χ4v) is 2.44. The molecular weight excluding hydrogens is 277 g/mol. The molecule has 1 atom stereocenters. The Hall–Kier alpha value is -1.02. The minimum atomic E-state index is 0.252. The number of nitrogens with one attached hydrogen (secondary N) is 1. The molecule has 0 saturated heterocycles. The van der Waals surface area contributed by atoms with Gasteiger partial charge in [-0.3, -0.25) is 0 Å². The SMILES string of the molecule is CCNC(Cc1ccccc1)c1ccc(Cl)c(Cl)c1. The molecule has 0 aliphatic heterocycles. The summed E-state index contributed by atoms with van der Waals surface area (Å²) in [4.78, 5) is 0. The molecule has 2 rings (SSSR count). The molecule has 1 unspecified atom stereocenters. The topological polar surface area (TPSA) is 12.0 Å². The van der Waals surface area contributed by atoms with Crippen LogP contribution in [0.1, 0.15) is 24.1 Å². The summed E-state index contributed by atoms with van der Waals surface area (Å²) in [7, 11) is 0. The Bertz CT molecular complexity index is 526. The summed E-state index contributed by atoms with van der Waals surface area (Å²) in [6, 6.07) is 16.5. The molecule has 100 valence electrons. The molecule has 0 saturated carbocycles. The van der Waals surface area contributed by atoms with E-state index in [0.29, 0.717) is 10.0 Å². The van der Waals surface area contributed by atoms with E-state index in [2.05, 4.69) is 36.5 Å². The van der Waals surface area contributed by atoms with Gasteiger partial charge in [0.15, 0.2) is 0 Å². The van der Waals surface area contributed by atoms with E-state index >= 15 is 0 Å². The van der Waals surface area contributed by atoms with Gasteiger partial charge in [0, 0.05) is 6.04 Å². The highest BCUT2D eigenvalue weighted by atomic mass is 35.5. The van der Waals surface area contributed by atoms with Crippen molar-refractivity contribution >= 4 is 23.2 Å². The largest absolute Gasteiger partial charge is 0.310 e. The fraction of sp³-hybridized carbons (Fsp3) is 0.250. The molecule has 0 radical (unpaired) electrons. The van der Waals surface area contributed by atoms with Gasteiger partial charge in [0.25, 0.3) is 0 Å². The lowest BCUT2D eigenvalue weighted by molar-refractivity contribution is 0.550. The number of benzene rings is 2. The second-order valence-electron chi connectivity index (χ2n) is 4.47. The fourth-order valence-electron chi connectivity index (χ4n) is 2.13. The molecular formula is C16H17Cl2N. The molecule has 0 fully saturated rings. The molecule has 2 aromatic rings. The van der Waals surface area contributed by atoms with E-state index in [1.54, 1.807) is 0 Å². The summed E-state index contributed by atoms with van der Waals surface area (Å²) >= 11 is 12.1. The summed E-state index contributed by atoms with van der Waals surface area (Å²) in [5, 5.41) is 4.70. The van der Waals surface area contributed by atoms with Gasteiger partial charge in [-0.1, -0.05) is 66.5 Å². The van der Waals surface area contributed by atoms with E-state index in [4.69, 9.17) is 23.2 Å². The van der Waals surface area contributed by atoms with Gasteiger partial charge in [-0.05, 0) is 36.2 Å². The monoisotopic (exact) mass is 293 g/mol. The van der Waals surface area contributed by atoms with Crippen molar-refractivity contribution < 1.29 is 0 Å². The van der Waals surface area contributed by atoms with Crippen molar-refractivity contribution in [3.63, 3.8) is 0 Å². The van der Waals surface area contributed by atoms with Gasteiger partial charge in [-0.15, -0.1) is 0 Å². The third-order valence-corrected chi connectivity index (χ3v) is 3.82. The van der Waals surface area contributed by atoms with E-state index in [0.717, 1.165) is 13.0 Å². The number of rotatable bonds is 5. The second-order valence-corrected chi connectivity index (χ2v) is 5.29. The molecule has 0 heterocycles. The van der Waals surface area contributed by atoms with Crippen LogP contribution in [0, 0.1) is 0 Å². The lowest BCUT2D eigenvalue weighted by Gasteiger charge is -2.19. The Morgan fingerprint density at radius 3 is 2.37 bits per heavy atom. The highest BCUT2D eigenvalue weighted by molar-refractivity contribution is 6.42. The summed E-state index contributed by atoms with van der Waals surface area (Å²) < 4.78 is 0. The maximum absolute atomic E-state index is 6.10. The van der Waals surface area contributed by atoms with E-state index in [1.165, 1.54) is 11.1 Å². The van der Waals surface area contributed by atoms with Gasteiger partial charge in [-0.2, -0.15) is 0 Å². The first-order chi connectivity index (χ1) is 9.20. The predicted octanol–water partition coefficient (Wildman–Crippen LogP) is 4.89. The van der Waals surface area contributed by atoms with Crippen LogP contribution in [0.3, 0.4) is 0 Å². The first-order valence-electron chi connectivity index (χ1n) is 6.43. The first kappa shape index (κ1) is 14.4. The van der Waals surface area contributed by atoms with E-state index < -0.39 is 0 Å². The average Bonchev–Trinajstić information content (AvgIpc) is 2.43. The maximum atomic E-state index is 6.10. The molecule has 0 aromatic heterocycles. The Labute approximate surface area is 124 Å². The standard InChI is InChI=1S/C16H17Cl2N/c1-2-19-16(10-12-6-4-3-5-7-12)13-8-9-14(17)15(18)11-13/h3-9,11,16,19H,2,10H2,1H3. The quantitative estimate of drug-likeness (QED) is 0.828. The van der Waals surface area contributed by atoms with Gasteiger partial charge in [0.05, 0.1) is 10.0 Å². The van der Waals surface area contributed by atoms with Crippen molar-refractivity contribution in [1.82, 2.24) is 5.32 Å². The van der Waals surface area contributed by atoms with Crippen LogP contribution in [0.5, 0.6) is 0 Å². The van der Waals surface area contributed by atoms with Gasteiger partial charge < -0.3 is 5.32 Å². The Morgan fingerprint density at radius 2 is 1.74 bits per heavy atom. The predicted molar refractivity (Wildman–Crippen MR) is 83.0 cm³/mol. The molecule has 0 aliphatic rings. The zero-order valence-corrected chi connectivity index (χ0v) is 12.4. The number of hydrogen-bond donors (Lipinski definition) is 1. The van der Waals surface area contributed by atoms with Crippen LogP contribution in [0.4, 0.5) is 0 Å². The minimum absolute atomic E-state index is 0.252. The number of halogens is 2. The average molecular weight is 294 g/mol. The summed E-state index contributed by atoms with van der Waals surface area (Å²) in [6.45, 7) is 3.02. The van der Waals surface area contributed by atoms with E-state index in [9.17, 15) is 0 Å². The first-order valence-corrected chi connectivity index (χ1v) is 7.18. The lowest BCUT2D eigenvalue weighted by Crippen LogP contribution is -2.22. The van der Waals surface area contributed by atoms with Gasteiger partial charge in [0.1, 0.15) is 0 Å². The van der Waals surface area contributed by atoms with Gasteiger partial charge in [0.2, 0.25) is 0 Å². The molecule has 0 spiro atoms. The molecule has 1 nitrogen and oxygen atoms in total. The van der Waals surface area contributed by atoms with Crippen LogP contribution >= 0.6 is 23.2 Å². The third-order valence-electron chi connectivity index (χ3n) is 3.08. The van der Waals surface area contributed by atoms with Crippen molar-refractivity contribution in [2.45, 2.75) is 19.4 Å². The molecule has 19 heavy (non-hydrogen) atoms.